The van der Waals surface area contributed by atoms with E-state index >= 15 is 0 Å². The minimum absolute atomic E-state index is 0.153. The first-order chi connectivity index (χ1) is 17.3. The molecule has 0 fully saturated rings. The molecule has 3 amide bonds. The molecule has 3 aromatic rings. The molecule has 194 valence electrons. The predicted molar refractivity (Wildman–Crippen MR) is 121 cm³/mol. The van der Waals surface area contributed by atoms with Crippen LogP contribution in [0.1, 0.15) is 34.6 Å². The van der Waals surface area contributed by atoms with Crippen molar-refractivity contribution in [3.8, 4) is 17.2 Å². The van der Waals surface area contributed by atoms with Crippen molar-refractivity contribution < 1.29 is 46.2 Å². The molecular weight excluding hydrogens is 505 g/mol. The second-order valence-electron chi connectivity index (χ2n) is 7.90. The quantitative estimate of drug-likeness (QED) is 0.153. The molecule has 0 unspecified atom stereocenters. The van der Waals surface area contributed by atoms with Crippen LogP contribution >= 0.6 is 0 Å². The molecule has 0 aliphatic heterocycles. The molecule has 0 spiro atoms. The highest BCUT2D eigenvalue weighted by atomic mass is 19.2. The van der Waals surface area contributed by atoms with Crippen LogP contribution in [0.2, 0.25) is 0 Å². The maximum absolute atomic E-state index is 14.0. The summed E-state index contributed by atoms with van der Waals surface area (Å²) in [4.78, 5) is 36.0. The van der Waals surface area contributed by atoms with Crippen molar-refractivity contribution in [1.29, 1.82) is 0 Å². The summed E-state index contributed by atoms with van der Waals surface area (Å²) in [5, 5.41) is 14.7. The highest BCUT2D eigenvalue weighted by Gasteiger charge is 2.30. The first-order valence-electron chi connectivity index (χ1n) is 10.4. The van der Waals surface area contributed by atoms with E-state index in [1.54, 1.807) is 19.2 Å². The monoisotopic (exact) mass is 523 g/mol. The van der Waals surface area contributed by atoms with Gasteiger partial charge in [-0.2, -0.15) is 0 Å². The van der Waals surface area contributed by atoms with Gasteiger partial charge in [0.25, 0.3) is 11.8 Å². The Morgan fingerprint density at radius 3 is 1.89 bits per heavy atom. The molecule has 0 saturated carbocycles. The van der Waals surface area contributed by atoms with Gasteiger partial charge < -0.3 is 26.2 Å². The molecule has 0 atom stereocenters. The van der Waals surface area contributed by atoms with Gasteiger partial charge in [0, 0.05) is 17.7 Å². The Kier molecular flexibility index (Phi) is 7.65. The lowest BCUT2D eigenvalue weighted by molar-refractivity contribution is -0.118. The Morgan fingerprint density at radius 2 is 1.38 bits per heavy atom. The van der Waals surface area contributed by atoms with Gasteiger partial charge in [-0.1, -0.05) is 13.8 Å². The zero-order chi connectivity index (χ0) is 27.6. The van der Waals surface area contributed by atoms with E-state index in [1.165, 1.54) is 24.3 Å². The van der Waals surface area contributed by atoms with Gasteiger partial charge in [-0.25, -0.2) is 22.0 Å². The summed E-state index contributed by atoms with van der Waals surface area (Å²) in [5.74, 6) is -16.5. The lowest BCUT2D eigenvalue weighted by Gasteiger charge is -2.14. The normalized spacial score (nSPS) is 10.8. The van der Waals surface area contributed by atoms with E-state index in [4.69, 9.17) is 10.5 Å². The van der Waals surface area contributed by atoms with Crippen LogP contribution in [0.3, 0.4) is 0 Å². The average molecular weight is 523 g/mol. The van der Waals surface area contributed by atoms with E-state index in [2.05, 4.69) is 5.32 Å². The van der Waals surface area contributed by atoms with Gasteiger partial charge in [-0.15, -0.1) is 0 Å². The Hall–Kier alpha value is -4.68. The number of nitrogens with two attached hydrogens (primary N) is 1. The minimum atomic E-state index is -2.46. The molecule has 0 bridgehead atoms. The van der Waals surface area contributed by atoms with Gasteiger partial charge in [0.2, 0.25) is 11.7 Å². The van der Waals surface area contributed by atoms with Crippen molar-refractivity contribution in [3.05, 3.63) is 76.6 Å². The second-order valence-corrected chi connectivity index (χ2v) is 7.90. The van der Waals surface area contributed by atoms with Crippen molar-refractivity contribution in [3.63, 3.8) is 0 Å². The van der Waals surface area contributed by atoms with Crippen molar-refractivity contribution in [2.75, 3.05) is 10.6 Å². The molecule has 13 heteroatoms. The molecule has 3 rings (SSSR count). The smallest absolute Gasteiger partial charge is 0.261 e. The van der Waals surface area contributed by atoms with Crippen LogP contribution in [-0.2, 0) is 4.79 Å². The fourth-order valence-electron chi connectivity index (χ4n) is 2.97. The van der Waals surface area contributed by atoms with Crippen LogP contribution in [0, 0.1) is 35.0 Å². The molecule has 0 radical (unpaired) electrons. The standard InChI is InChI=1S/C24H18F5N3O5/c1-9(2)23(35)31-10-3-5-11(6-4-10)37-12-7-13(22(30)34)21(33)14(8-12)32-24(36)15-16(25)18(27)20(29)19(28)17(15)26/h3-9,33H,1-2H3,(H2,30,34)(H,31,35)(H,32,36). The molecule has 0 aliphatic rings. The Labute approximate surface area is 205 Å². The number of primary amides is 1. The van der Waals surface area contributed by atoms with Crippen molar-refractivity contribution in [2.45, 2.75) is 13.8 Å². The number of carbonyl (C=O) groups excluding carboxylic acids is 3. The molecule has 0 heterocycles. The van der Waals surface area contributed by atoms with E-state index in [-0.39, 0.29) is 23.3 Å². The van der Waals surface area contributed by atoms with E-state index in [0.29, 0.717) is 5.69 Å². The zero-order valence-electron chi connectivity index (χ0n) is 19.1. The fourth-order valence-corrected chi connectivity index (χ4v) is 2.97. The van der Waals surface area contributed by atoms with E-state index in [1.807, 2.05) is 0 Å². The topological polar surface area (TPSA) is 131 Å². The zero-order valence-corrected chi connectivity index (χ0v) is 19.1. The summed E-state index contributed by atoms with van der Waals surface area (Å²) in [7, 11) is 0. The maximum atomic E-state index is 14.0. The highest BCUT2D eigenvalue weighted by molar-refractivity contribution is 6.07. The number of hydrogen-bond donors (Lipinski definition) is 4. The van der Waals surface area contributed by atoms with Gasteiger partial charge in [-0.05, 0) is 30.3 Å². The van der Waals surface area contributed by atoms with Crippen LogP contribution in [0.15, 0.2) is 36.4 Å². The SMILES string of the molecule is CC(C)C(=O)Nc1ccc(Oc2cc(NC(=O)c3c(F)c(F)c(F)c(F)c3F)c(O)c(C(N)=O)c2)cc1. The number of amides is 3. The van der Waals surface area contributed by atoms with Crippen LogP contribution in [0.5, 0.6) is 17.2 Å². The number of benzene rings is 3. The van der Waals surface area contributed by atoms with Crippen molar-refractivity contribution in [1.82, 2.24) is 0 Å². The third-order valence-corrected chi connectivity index (χ3v) is 4.92. The van der Waals surface area contributed by atoms with Gasteiger partial charge in [0.15, 0.2) is 29.0 Å². The summed E-state index contributed by atoms with van der Waals surface area (Å²) < 4.78 is 73.9. The largest absolute Gasteiger partial charge is 0.505 e. The maximum Gasteiger partial charge on any atom is 0.261 e. The number of aromatic hydroxyl groups is 1. The second kappa shape index (κ2) is 10.5. The van der Waals surface area contributed by atoms with Crippen LogP contribution in [-0.4, -0.2) is 22.8 Å². The van der Waals surface area contributed by atoms with Gasteiger partial charge in [0.05, 0.1) is 11.3 Å². The fraction of sp³-hybridized carbons (Fsp3) is 0.125. The minimum Gasteiger partial charge on any atom is -0.505 e. The van der Waals surface area contributed by atoms with Crippen LogP contribution < -0.4 is 21.1 Å². The van der Waals surface area contributed by atoms with Crippen LogP contribution in [0.4, 0.5) is 33.3 Å². The number of nitrogens with one attached hydrogen (secondary N) is 2. The van der Waals surface area contributed by atoms with Gasteiger partial charge >= 0.3 is 0 Å². The first-order valence-corrected chi connectivity index (χ1v) is 10.4. The number of hydrogen-bond acceptors (Lipinski definition) is 5. The number of anilines is 2. The first kappa shape index (κ1) is 26.9. The molecular formula is C24H18F5N3O5. The molecule has 0 aromatic heterocycles. The molecule has 0 aliphatic carbocycles. The molecule has 8 nitrogen and oxygen atoms in total. The van der Waals surface area contributed by atoms with E-state index < -0.39 is 63.5 Å². The third-order valence-electron chi connectivity index (χ3n) is 4.92. The average Bonchev–Trinajstić information content (AvgIpc) is 2.84. The lowest BCUT2D eigenvalue weighted by atomic mass is 10.1. The third kappa shape index (κ3) is 5.60. The predicted octanol–water partition coefficient (Wildman–Crippen LogP) is 4.83. The summed E-state index contributed by atoms with van der Waals surface area (Å²) in [6, 6.07) is 7.76. The molecule has 0 saturated heterocycles. The summed E-state index contributed by atoms with van der Waals surface area (Å²) in [5.41, 5.74) is 2.57. The molecule has 37 heavy (non-hydrogen) atoms. The molecule has 3 aromatic carbocycles. The summed E-state index contributed by atoms with van der Waals surface area (Å²) in [6.07, 6.45) is 0. The Balaban J connectivity index is 1.94. The summed E-state index contributed by atoms with van der Waals surface area (Å²) >= 11 is 0. The molecule has 5 N–H and O–H groups in total. The van der Waals surface area contributed by atoms with E-state index in [9.17, 15) is 41.4 Å². The van der Waals surface area contributed by atoms with Gasteiger partial charge in [-0.3, -0.25) is 14.4 Å². The van der Waals surface area contributed by atoms with Gasteiger partial charge in [0.1, 0.15) is 17.1 Å². The highest BCUT2D eigenvalue weighted by Crippen LogP contribution is 2.36. The number of ether oxygens (including phenoxy) is 1. The van der Waals surface area contributed by atoms with Crippen molar-refractivity contribution in [2.24, 2.45) is 11.7 Å². The number of carbonyl (C=O) groups is 3. The number of rotatable bonds is 7. The van der Waals surface area contributed by atoms with Crippen LogP contribution in [0.25, 0.3) is 0 Å². The van der Waals surface area contributed by atoms with Crippen molar-refractivity contribution >= 4 is 29.1 Å². The Bertz CT molecular complexity index is 1380. The van der Waals surface area contributed by atoms with E-state index in [0.717, 1.165) is 12.1 Å². The summed E-state index contributed by atoms with van der Waals surface area (Å²) in [6.45, 7) is 3.41. The number of halogens is 5. The Morgan fingerprint density at radius 1 is 0.838 bits per heavy atom. The lowest BCUT2D eigenvalue weighted by Crippen LogP contribution is -2.20. The number of phenols is 1.